The van der Waals surface area contributed by atoms with Crippen LogP contribution in [0.25, 0.3) is 0 Å². The van der Waals surface area contributed by atoms with Crippen LogP contribution in [0.4, 0.5) is 0 Å². The highest BCUT2D eigenvalue weighted by Crippen LogP contribution is 2.26. The third-order valence-electron chi connectivity index (χ3n) is 4.81. The molecule has 0 atom stereocenters. The lowest BCUT2D eigenvalue weighted by atomic mass is 9.90. The van der Waals surface area contributed by atoms with E-state index in [9.17, 15) is 0 Å². The van der Waals surface area contributed by atoms with E-state index < -0.39 is 0 Å². The molecule has 0 N–H and O–H groups in total. The number of piperidine rings is 1. The Morgan fingerprint density at radius 2 is 1.58 bits per heavy atom. The van der Waals surface area contributed by atoms with Crippen molar-refractivity contribution in [2.75, 3.05) is 33.4 Å². The molecular formula is C21H27NO2. The second kappa shape index (κ2) is 8.74. The molecule has 1 aliphatic heterocycles. The van der Waals surface area contributed by atoms with Gasteiger partial charge in [-0.2, -0.15) is 0 Å². The Balaban J connectivity index is 1.38. The Bertz CT molecular complexity index is 606. The zero-order valence-corrected chi connectivity index (χ0v) is 14.5. The number of ether oxygens (including phenoxy) is 2. The van der Waals surface area contributed by atoms with Crippen LogP contribution in [0.15, 0.2) is 54.6 Å². The molecule has 2 aromatic rings. The summed E-state index contributed by atoms with van der Waals surface area (Å²) in [5, 5.41) is 0. The lowest BCUT2D eigenvalue weighted by Crippen LogP contribution is -2.37. The summed E-state index contributed by atoms with van der Waals surface area (Å²) in [5.74, 6) is 2.46. The average molecular weight is 325 g/mol. The maximum absolute atomic E-state index is 5.89. The third-order valence-corrected chi connectivity index (χ3v) is 4.81. The van der Waals surface area contributed by atoms with Gasteiger partial charge in [0.25, 0.3) is 0 Å². The molecule has 24 heavy (non-hydrogen) atoms. The van der Waals surface area contributed by atoms with Gasteiger partial charge in [-0.15, -0.1) is 0 Å². The Kier molecular flexibility index (Phi) is 6.13. The number of methoxy groups -OCH3 is 1. The monoisotopic (exact) mass is 325 g/mol. The summed E-state index contributed by atoms with van der Waals surface area (Å²) in [6, 6.07) is 18.7. The van der Waals surface area contributed by atoms with Crippen molar-refractivity contribution in [3.63, 3.8) is 0 Å². The Labute approximate surface area is 145 Å². The molecule has 128 valence electrons. The van der Waals surface area contributed by atoms with Crippen molar-refractivity contribution in [3.8, 4) is 11.5 Å². The van der Waals surface area contributed by atoms with Crippen molar-refractivity contribution >= 4 is 0 Å². The minimum atomic E-state index is 0.712. The van der Waals surface area contributed by atoms with Gasteiger partial charge in [0.15, 0.2) is 11.5 Å². The fourth-order valence-electron chi connectivity index (χ4n) is 3.38. The fourth-order valence-corrected chi connectivity index (χ4v) is 3.38. The highest BCUT2D eigenvalue weighted by atomic mass is 16.5. The van der Waals surface area contributed by atoms with Crippen LogP contribution in [-0.4, -0.2) is 38.3 Å². The van der Waals surface area contributed by atoms with E-state index in [1.807, 2.05) is 24.3 Å². The van der Waals surface area contributed by atoms with Gasteiger partial charge < -0.3 is 9.47 Å². The molecule has 3 heteroatoms. The first-order valence-corrected chi connectivity index (χ1v) is 8.87. The summed E-state index contributed by atoms with van der Waals surface area (Å²) in [6.45, 7) is 4.04. The van der Waals surface area contributed by atoms with Gasteiger partial charge in [-0.25, -0.2) is 0 Å². The largest absolute Gasteiger partial charge is 0.493 e. The molecule has 1 fully saturated rings. The number of hydrogen-bond donors (Lipinski definition) is 0. The van der Waals surface area contributed by atoms with E-state index in [1.165, 1.54) is 37.9 Å². The van der Waals surface area contributed by atoms with Crippen molar-refractivity contribution < 1.29 is 9.47 Å². The number of rotatable bonds is 7. The van der Waals surface area contributed by atoms with Crippen LogP contribution in [0.2, 0.25) is 0 Å². The van der Waals surface area contributed by atoms with E-state index in [0.29, 0.717) is 6.61 Å². The number of nitrogens with zero attached hydrogens (tertiary/aromatic N) is 1. The van der Waals surface area contributed by atoms with Crippen molar-refractivity contribution in [2.24, 2.45) is 5.92 Å². The summed E-state index contributed by atoms with van der Waals surface area (Å²) in [6.07, 6.45) is 3.78. The molecule has 1 aliphatic rings. The van der Waals surface area contributed by atoms with Crippen LogP contribution in [0.5, 0.6) is 11.5 Å². The van der Waals surface area contributed by atoms with Gasteiger partial charge in [-0.3, -0.25) is 4.90 Å². The maximum Gasteiger partial charge on any atom is 0.161 e. The van der Waals surface area contributed by atoms with Crippen LogP contribution in [0.3, 0.4) is 0 Å². The molecule has 0 aliphatic carbocycles. The third kappa shape index (κ3) is 4.75. The molecule has 1 heterocycles. The van der Waals surface area contributed by atoms with E-state index in [2.05, 4.69) is 35.2 Å². The first-order valence-electron chi connectivity index (χ1n) is 8.87. The first-order chi connectivity index (χ1) is 11.8. The SMILES string of the molecule is COc1ccccc1OCCN1CCC(Cc2ccccc2)CC1. The van der Waals surface area contributed by atoms with E-state index >= 15 is 0 Å². The zero-order valence-electron chi connectivity index (χ0n) is 14.5. The topological polar surface area (TPSA) is 21.7 Å². The lowest BCUT2D eigenvalue weighted by Gasteiger charge is -2.32. The van der Waals surface area contributed by atoms with Crippen LogP contribution in [0, 0.1) is 5.92 Å². The number of likely N-dealkylation sites (tertiary alicyclic amines) is 1. The molecule has 1 saturated heterocycles. The standard InChI is InChI=1S/C21H27NO2/c1-23-20-9-5-6-10-21(20)24-16-15-22-13-11-19(12-14-22)17-18-7-3-2-4-8-18/h2-10,19H,11-17H2,1H3. The zero-order chi connectivity index (χ0) is 16.6. The highest BCUT2D eigenvalue weighted by molar-refractivity contribution is 5.39. The lowest BCUT2D eigenvalue weighted by molar-refractivity contribution is 0.153. The molecule has 0 radical (unpaired) electrons. The number of benzene rings is 2. The second-order valence-corrected chi connectivity index (χ2v) is 6.47. The summed E-state index contributed by atoms with van der Waals surface area (Å²) < 4.78 is 11.2. The molecule has 0 saturated carbocycles. The van der Waals surface area contributed by atoms with Crippen LogP contribution < -0.4 is 9.47 Å². The molecule has 0 amide bonds. The minimum Gasteiger partial charge on any atom is -0.493 e. The summed E-state index contributed by atoms with van der Waals surface area (Å²) in [5.41, 5.74) is 1.47. The highest BCUT2D eigenvalue weighted by Gasteiger charge is 2.19. The number of hydrogen-bond acceptors (Lipinski definition) is 3. The van der Waals surface area contributed by atoms with Crippen molar-refractivity contribution in [2.45, 2.75) is 19.3 Å². The van der Waals surface area contributed by atoms with E-state index in [-0.39, 0.29) is 0 Å². The van der Waals surface area contributed by atoms with E-state index in [4.69, 9.17) is 9.47 Å². The predicted molar refractivity (Wildman–Crippen MR) is 97.8 cm³/mol. The van der Waals surface area contributed by atoms with Gasteiger partial charge in [0.1, 0.15) is 6.61 Å². The van der Waals surface area contributed by atoms with Crippen LogP contribution in [-0.2, 0) is 6.42 Å². The van der Waals surface area contributed by atoms with Gasteiger partial charge >= 0.3 is 0 Å². The van der Waals surface area contributed by atoms with Crippen LogP contribution in [0.1, 0.15) is 18.4 Å². The van der Waals surface area contributed by atoms with Crippen molar-refractivity contribution in [1.82, 2.24) is 4.90 Å². The average Bonchev–Trinajstić information content (AvgIpc) is 2.64. The van der Waals surface area contributed by atoms with Gasteiger partial charge in [0.05, 0.1) is 7.11 Å². The normalized spacial score (nSPS) is 16.0. The van der Waals surface area contributed by atoms with E-state index in [1.54, 1.807) is 7.11 Å². The van der Waals surface area contributed by atoms with E-state index in [0.717, 1.165) is 24.0 Å². The molecule has 0 bridgehead atoms. The van der Waals surface area contributed by atoms with Crippen LogP contribution >= 0.6 is 0 Å². The second-order valence-electron chi connectivity index (χ2n) is 6.47. The van der Waals surface area contributed by atoms with Gasteiger partial charge in [0, 0.05) is 6.54 Å². The predicted octanol–water partition coefficient (Wildman–Crippen LogP) is 4.03. The Morgan fingerprint density at radius 3 is 2.29 bits per heavy atom. The molecule has 0 spiro atoms. The Morgan fingerprint density at radius 1 is 0.917 bits per heavy atom. The first kappa shape index (κ1) is 16.8. The van der Waals surface area contributed by atoms with Crippen molar-refractivity contribution in [3.05, 3.63) is 60.2 Å². The molecule has 2 aromatic carbocycles. The molecule has 0 aromatic heterocycles. The Hall–Kier alpha value is -2.00. The molecule has 3 nitrogen and oxygen atoms in total. The summed E-state index contributed by atoms with van der Waals surface area (Å²) in [7, 11) is 1.68. The maximum atomic E-state index is 5.89. The minimum absolute atomic E-state index is 0.712. The van der Waals surface area contributed by atoms with Gasteiger partial charge in [-0.1, -0.05) is 42.5 Å². The molecule has 0 unspecified atom stereocenters. The quantitative estimate of drug-likeness (QED) is 0.767. The molecule has 3 rings (SSSR count). The van der Waals surface area contributed by atoms with Crippen molar-refractivity contribution in [1.29, 1.82) is 0 Å². The molecular weight excluding hydrogens is 298 g/mol. The summed E-state index contributed by atoms with van der Waals surface area (Å²) >= 11 is 0. The summed E-state index contributed by atoms with van der Waals surface area (Å²) in [4.78, 5) is 2.51. The smallest absolute Gasteiger partial charge is 0.161 e. The fraction of sp³-hybridized carbons (Fsp3) is 0.429. The van der Waals surface area contributed by atoms with Gasteiger partial charge in [-0.05, 0) is 56.0 Å². The van der Waals surface area contributed by atoms with Gasteiger partial charge in [0.2, 0.25) is 0 Å². The number of para-hydroxylation sites is 2.